The largest absolute Gasteiger partial charge is 0.316 e. The topological polar surface area (TPSA) is 35.6 Å². The Hall–Kier alpha value is -1.39. The first kappa shape index (κ1) is 16.1. The highest BCUT2D eigenvalue weighted by molar-refractivity contribution is 5.97. The molecule has 4 nitrogen and oxygen atoms in total. The number of piperidine rings is 1. The van der Waals surface area contributed by atoms with Gasteiger partial charge < -0.3 is 15.1 Å². The second-order valence-corrected chi connectivity index (χ2v) is 8.16. The van der Waals surface area contributed by atoms with Crippen LogP contribution in [-0.2, 0) is 11.2 Å². The standard InChI is InChI=1S/C20H29N3O/c1-20(9-10-21-14-20)15-22-11-6-17(7-12-22)19(24)23-13-8-16-4-2-3-5-18(16)23/h2-5,17,21H,6-15H2,1H3. The molecule has 1 aromatic rings. The predicted octanol–water partition coefficient (Wildman–Crippen LogP) is 2.29. The smallest absolute Gasteiger partial charge is 0.230 e. The molecule has 4 heteroatoms. The normalized spacial score (nSPS) is 28.3. The number of hydrogen-bond acceptors (Lipinski definition) is 3. The molecule has 2 saturated heterocycles. The van der Waals surface area contributed by atoms with Crippen LogP contribution in [0.1, 0.15) is 31.7 Å². The fraction of sp³-hybridized carbons (Fsp3) is 0.650. The van der Waals surface area contributed by atoms with Gasteiger partial charge in [-0.1, -0.05) is 25.1 Å². The molecule has 24 heavy (non-hydrogen) atoms. The van der Waals surface area contributed by atoms with Crippen molar-refractivity contribution in [3.05, 3.63) is 29.8 Å². The van der Waals surface area contributed by atoms with E-state index in [1.54, 1.807) is 0 Å². The third kappa shape index (κ3) is 3.09. The summed E-state index contributed by atoms with van der Waals surface area (Å²) < 4.78 is 0. The van der Waals surface area contributed by atoms with E-state index in [0.717, 1.165) is 57.7 Å². The van der Waals surface area contributed by atoms with Gasteiger partial charge in [0, 0.05) is 31.2 Å². The van der Waals surface area contributed by atoms with Crippen molar-refractivity contribution in [1.82, 2.24) is 10.2 Å². The van der Waals surface area contributed by atoms with E-state index in [1.807, 2.05) is 11.0 Å². The summed E-state index contributed by atoms with van der Waals surface area (Å²) in [5.74, 6) is 0.565. The molecule has 0 spiro atoms. The van der Waals surface area contributed by atoms with Gasteiger partial charge in [0.05, 0.1) is 0 Å². The number of carbonyl (C=O) groups is 1. The van der Waals surface area contributed by atoms with Crippen LogP contribution < -0.4 is 10.2 Å². The van der Waals surface area contributed by atoms with Crippen molar-refractivity contribution in [3.63, 3.8) is 0 Å². The highest BCUT2D eigenvalue weighted by atomic mass is 16.2. The quantitative estimate of drug-likeness (QED) is 0.925. The zero-order valence-corrected chi connectivity index (χ0v) is 14.8. The number of rotatable bonds is 3. The van der Waals surface area contributed by atoms with Crippen LogP contribution in [0.5, 0.6) is 0 Å². The average Bonchev–Trinajstić information content (AvgIpc) is 3.21. The Balaban J connectivity index is 1.34. The van der Waals surface area contributed by atoms with E-state index in [1.165, 1.54) is 18.5 Å². The van der Waals surface area contributed by atoms with Gasteiger partial charge in [-0.2, -0.15) is 0 Å². The van der Waals surface area contributed by atoms with E-state index < -0.39 is 0 Å². The third-order valence-corrected chi connectivity index (χ3v) is 6.15. The lowest BCUT2D eigenvalue weighted by molar-refractivity contribution is -0.123. The Labute approximate surface area is 145 Å². The van der Waals surface area contributed by atoms with E-state index in [-0.39, 0.29) is 5.92 Å². The van der Waals surface area contributed by atoms with E-state index in [9.17, 15) is 4.79 Å². The van der Waals surface area contributed by atoms with Crippen molar-refractivity contribution in [2.24, 2.45) is 11.3 Å². The first-order chi connectivity index (χ1) is 11.6. The highest BCUT2D eigenvalue weighted by Crippen LogP contribution is 2.32. The molecule has 3 aliphatic rings. The van der Waals surface area contributed by atoms with Gasteiger partial charge in [-0.3, -0.25) is 4.79 Å². The first-order valence-electron chi connectivity index (χ1n) is 9.47. The molecular formula is C20H29N3O. The van der Waals surface area contributed by atoms with Gasteiger partial charge in [0.1, 0.15) is 0 Å². The number of amides is 1. The number of carbonyl (C=O) groups excluding carboxylic acids is 1. The van der Waals surface area contributed by atoms with Gasteiger partial charge in [0.15, 0.2) is 0 Å². The van der Waals surface area contributed by atoms with Crippen molar-refractivity contribution in [2.45, 2.75) is 32.6 Å². The van der Waals surface area contributed by atoms with Gasteiger partial charge in [0.2, 0.25) is 5.91 Å². The molecule has 1 atom stereocenters. The lowest BCUT2D eigenvalue weighted by Gasteiger charge is -2.37. The van der Waals surface area contributed by atoms with E-state index >= 15 is 0 Å². The summed E-state index contributed by atoms with van der Waals surface area (Å²) in [4.78, 5) is 17.6. The minimum Gasteiger partial charge on any atom is -0.316 e. The lowest BCUT2D eigenvalue weighted by Crippen LogP contribution is -2.45. The third-order valence-electron chi connectivity index (χ3n) is 6.15. The number of benzene rings is 1. The predicted molar refractivity (Wildman–Crippen MR) is 97.3 cm³/mol. The van der Waals surface area contributed by atoms with E-state index in [4.69, 9.17) is 0 Å². The number of nitrogens with one attached hydrogen (secondary N) is 1. The van der Waals surface area contributed by atoms with Gasteiger partial charge in [-0.15, -0.1) is 0 Å². The van der Waals surface area contributed by atoms with E-state index in [2.05, 4.69) is 35.3 Å². The lowest BCUT2D eigenvalue weighted by atomic mass is 9.87. The fourth-order valence-electron chi connectivity index (χ4n) is 4.67. The van der Waals surface area contributed by atoms with Crippen molar-refractivity contribution in [3.8, 4) is 0 Å². The Morgan fingerprint density at radius 2 is 2.04 bits per heavy atom. The molecule has 1 unspecified atom stereocenters. The molecule has 3 heterocycles. The molecule has 3 aliphatic heterocycles. The summed E-state index contributed by atoms with van der Waals surface area (Å²) in [7, 11) is 0. The van der Waals surface area contributed by atoms with Gasteiger partial charge in [0.25, 0.3) is 0 Å². The van der Waals surface area contributed by atoms with Crippen LogP contribution in [0.2, 0.25) is 0 Å². The Bertz CT molecular complexity index is 601. The van der Waals surface area contributed by atoms with Crippen molar-refractivity contribution in [1.29, 1.82) is 0 Å². The summed E-state index contributed by atoms with van der Waals surface area (Å²) in [6.45, 7) is 8.86. The zero-order valence-electron chi connectivity index (χ0n) is 14.8. The van der Waals surface area contributed by atoms with Crippen molar-refractivity contribution in [2.75, 3.05) is 44.2 Å². The summed E-state index contributed by atoms with van der Waals surface area (Å²) in [5.41, 5.74) is 2.89. The average molecular weight is 327 g/mol. The van der Waals surface area contributed by atoms with Gasteiger partial charge in [-0.25, -0.2) is 0 Å². The van der Waals surface area contributed by atoms with Crippen LogP contribution in [0.25, 0.3) is 0 Å². The molecular weight excluding hydrogens is 298 g/mol. The van der Waals surface area contributed by atoms with Crippen LogP contribution >= 0.6 is 0 Å². The molecule has 1 aromatic carbocycles. The molecule has 0 aliphatic carbocycles. The monoisotopic (exact) mass is 327 g/mol. The second kappa shape index (κ2) is 6.49. The Kier molecular flexibility index (Phi) is 4.35. The van der Waals surface area contributed by atoms with E-state index in [0.29, 0.717) is 11.3 Å². The van der Waals surface area contributed by atoms with Crippen LogP contribution in [-0.4, -0.2) is 50.1 Å². The molecule has 0 saturated carbocycles. The Morgan fingerprint density at radius 1 is 1.25 bits per heavy atom. The number of fused-ring (bicyclic) bond motifs is 1. The summed E-state index contributed by atoms with van der Waals surface area (Å²) in [6, 6.07) is 8.37. The van der Waals surface area contributed by atoms with Crippen LogP contribution in [0, 0.1) is 11.3 Å². The fourth-order valence-corrected chi connectivity index (χ4v) is 4.67. The summed E-state index contributed by atoms with van der Waals surface area (Å²) in [6.07, 6.45) is 4.31. The molecule has 0 radical (unpaired) electrons. The maximum absolute atomic E-state index is 13.0. The zero-order chi connectivity index (χ0) is 16.6. The van der Waals surface area contributed by atoms with Crippen molar-refractivity contribution >= 4 is 11.6 Å². The molecule has 130 valence electrons. The number of para-hydroxylation sites is 1. The molecule has 0 bridgehead atoms. The molecule has 1 N–H and O–H groups in total. The number of likely N-dealkylation sites (tertiary alicyclic amines) is 1. The van der Waals surface area contributed by atoms with Crippen LogP contribution in [0.3, 0.4) is 0 Å². The summed E-state index contributed by atoms with van der Waals surface area (Å²) in [5, 5.41) is 3.49. The Morgan fingerprint density at radius 3 is 2.79 bits per heavy atom. The molecule has 4 rings (SSSR count). The number of anilines is 1. The van der Waals surface area contributed by atoms with Gasteiger partial charge >= 0.3 is 0 Å². The highest BCUT2D eigenvalue weighted by Gasteiger charge is 2.35. The minimum atomic E-state index is 0.210. The second-order valence-electron chi connectivity index (χ2n) is 8.16. The number of hydrogen-bond donors (Lipinski definition) is 1. The molecule has 0 aromatic heterocycles. The maximum Gasteiger partial charge on any atom is 0.230 e. The maximum atomic E-state index is 13.0. The van der Waals surface area contributed by atoms with Crippen LogP contribution in [0.15, 0.2) is 24.3 Å². The molecule has 2 fully saturated rings. The van der Waals surface area contributed by atoms with Crippen molar-refractivity contribution < 1.29 is 4.79 Å². The number of nitrogens with zero attached hydrogens (tertiary/aromatic N) is 2. The summed E-state index contributed by atoms with van der Waals surface area (Å²) >= 11 is 0. The van der Waals surface area contributed by atoms with Crippen LogP contribution in [0.4, 0.5) is 5.69 Å². The molecule has 1 amide bonds. The minimum absolute atomic E-state index is 0.210. The SMILES string of the molecule is CC1(CN2CCC(C(=O)N3CCc4ccccc43)CC2)CCNC1. The first-order valence-corrected chi connectivity index (χ1v) is 9.47. The van der Waals surface area contributed by atoms with Gasteiger partial charge in [-0.05, 0) is 62.4 Å².